The molecule has 5 rings (SSSR count). The molecule has 2 amide bonds. The fourth-order valence-electron chi connectivity index (χ4n) is 3.61. The predicted molar refractivity (Wildman–Crippen MR) is 127 cm³/mol. The smallest absolute Gasteiger partial charge is 0.267 e. The second-order valence-corrected chi connectivity index (χ2v) is 7.28. The minimum absolute atomic E-state index is 0.234. The van der Waals surface area contributed by atoms with Crippen LogP contribution < -0.4 is 10.0 Å². The number of aromatic nitrogens is 3. The van der Waals surface area contributed by atoms with Crippen LogP contribution in [-0.4, -0.2) is 26.6 Å². The maximum atomic E-state index is 13.4. The third kappa shape index (κ3) is 3.95. The first-order valence-electron chi connectivity index (χ1n) is 10.4. The van der Waals surface area contributed by atoms with Gasteiger partial charge in [0, 0.05) is 12.2 Å². The Morgan fingerprint density at radius 1 is 0.636 bits per heavy atom. The Labute approximate surface area is 190 Å². The number of hydrogen-bond acceptors (Lipinski definition) is 4. The van der Waals surface area contributed by atoms with Gasteiger partial charge in [-0.2, -0.15) is 5.01 Å². The van der Waals surface area contributed by atoms with Crippen LogP contribution in [0.3, 0.4) is 0 Å². The predicted octanol–water partition coefficient (Wildman–Crippen LogP) is 4.29. The summed E-state index contributed by atoms with van der Waals surface area (Å²) in [6.45, 7) is 0. The molecule has 2 heterocycles. The van der Waals surface area contributed by atoms with Gasteiger partial charge in [-0.15, -0.1) is 10.2 Å². The average molecular weight is 433 g/mol. The number of para-hydroxylation sites is 2. The first-order chi connectivity index (χ1) is 16.2. The molecule has 0 bridgehead atoms. The SMILES string of the molecule is O=C(/C=C/c1ccccc1)N1c2ccccc2-n2cnnc2N1C(=O)/C=C/c1ccccc1. The van der Waals surface area contributed by atoms with Gasteiger partial charge in [-0.05, 0) is 35.4 Å². The minimum Gasteiger partial charge on any atom is -0.267 e. The van der Waals surface area contributed by atoms with E-state index in [-0.39, 0.29) is 11.9 Å². The summed E-state index contributed by atoms with van der Waals surface area (Å²) in [5.41, 5.74) is 3.00. The Hall–Kier alpha value is -4.78. The van der Waals surface area contributed by atoms with Crippen molar-refractivity contribution in [2.45, 2.75) is 0 Å². The zero-order valence-electron chi connectivity index (χ0n) is 17.5. The molecule has 0 saturated carbocycles. The molecule has 0 N–H and O–H groups in total. The van der Waals surface area contributed by atoms with Crippen LogP contribution in [0.15, 0.2) is 103 Å². The van der Waals surface area contributed by atoms with Gasteiger partial charge >= 0.3 is 0 Å². The highest BCUT2D eigenvalue weighted by Gasteiger charge is 2.36. The Balaban J connectivity index is 1.56. The highest BCUT2D eigenvalue weighted by molar-refractivity contribution is 6.16. The van der Waals surface area contributed by atoms with E-state index in [0.29, 0.717) is 11.4 Å². The van der Waals surface area contributed by atoms with Crippen molar-refractivity contribution >= 4 is 35.6 Å². The van der Waals surface area contributed by atoms with E-state index >= 15 is 0 Å². The van der Waals surface area contributed by atoms with Crippen molar-refractivity contribution in [2.24, 2.45) is 0 Å². The van der Waals surface area contributed by atoms with Gasteiger partial charge in [-0.3, -0.25) is 14.2 Å². The quantitative estimate of drug-likeness (QED) is 0.450. The number of amides is 2. The third-order valence-corrected chi connectivity index (χ3v) is 5.14. The van der Waals surface area contributed by atoms with E-state index in [2.05, 4.69) is 10.2 Å². The van der Waals surface area contributed by atoms with E-state index in [0.717, 1.165) is 11.1 Å². The molecule has 0 saturated heterocycles. The van der Waals surface area contributed by atoms with Crippen molar-refractivity contribution in [1.29, 1.82) is 0 Å². The Bertz CT molecular complexity index is 1360. The van der Waals surface area contributed by atoms with E-state index in [4.69, 9.17) is 0 Å². The number of rotatable bonds is 4. The van der Waals surface area contributed by atoms with E-state index in [1.54, 1.807) is 22.8 Å². The van der Waals surface area contributed by atoms with Gasteiger partial charge in [0.1, 0.15) is 6.33 Å². The van der Waals surface area contributed by atoms with Crippen LogP contribution in [0, 0.1) is 0 Å². The van der Waals surface area contributed by atoms with Gasteiger partial charge in [-0.1, -0.05) is 72.8 Å². The molecule has 7 nitrogen and oxygen atoms in total. The third-order valence-electron chi connectivity index (χ3n) is 5.14. The van der Waals surface area contributed by atoms with Crippen LogP contribution in [0.4, 0.5) is 11.6 Å². The Kier molecular flexibility index (Phi) is 5.35. The molecule has 0 radical (unpaired) electrons. The van der Waals surface area contributed by atoms with Crippen LogP contribution in [0.5, 0.6) is 0 Å². The summed E-state index contributed by atoms with van der Waals surface area (Å²) < 4.78 is 1.69. The molecule has 1 aromatic heterocycles. The lowest BCUT2D eigenvalue weighted by Crippen LogP contribution is -2.53. The zero-order valence-corrected chi connectivity index (χ0v) is 17.5. The summed E-state index contributed by atoms with van der Waals surface area (Å²) in [5, 5.41) is 10.7. The molecule has 1 aliphatic rings. The lowest BCUT2D eigenvalue weighted by atomic mass is 10.2. The highest BCUT2D eigenvalue weighted by Crippen LogP contribution is 2.35. The summed E-state index contributed by atoms with van der Waals surface area (Å²) in [4.78, 5) is 26.8. The second kappa shape index (κ2) is 8.76. The zero-order chi connectivity index (χ0) is 22.6. The number of benzene rings is 3. The number of carbonyl (C=O) groups is 2. The number of hydrogen-bond donors (Lipinski definition) is 0. The molecule has 7 heteroatoms. The van der Waals surface area contributed by atoms with Gasteiger partial charge in [-0.25, -0.2) is 5.01 Å². The molecule has 1 aliphatic heterocycles. The molecule has 33 heavy (non-hydrogen) atoms. The molecule has 160 valence electrons. The van der Waals surface area contributed by atoms with Crippen LogP contribution in [0.2, 0.25) is 0 Å². The van der Waals surface area contributed by atoms with Crippen molar-refractivity contribution in [3.63, 3.8) is 0 Å². The minimum atomic E-state index is -0.427. The largest absolute Gasteiger partial charge is 0.272 e. The fraction of sp³-hybridized carbons (Fsp3) is 0. The highest BCUT2D eigenvalue weighted by atomic mass is 16.2. The number of nitrogens with zero attached hydrogens (tertiary/aromatic N) is 5. The molecule has 0 fully saturated rings. The van der Waals surface area contributed by atoms with Gasteiger partial charge < -0.3 is 0 Å². The average Bonchev–Trinajstić information content (AvgIpc) is 3.36. The van der Waals surface area contributed by atoms with Crippen molar-refractivity contribution in [3.8, 4) is 5.69 Å². The standard InChI is InChI=1S/C26H19N5O2/c32-24(17-15-20-9-3-1-4-10-20)30-23-14-8-7-13-22(23)29-19-27-28-26(29)31(30)25(33)18-16-21-11-5-2-6-12-21/h1-19H/b17-15+,18-16+. The maximum Gasteiger partial charge on any atom is 0.272 e. The second-order valence-electron chi connectivity index (χ2n) is 7.28. The molecule has 0 spiro atoms. The van der Waals surface area contributed by atoms with E-state index < -0.39 is 5.91 Å². The molecule has 0 aliphatic carbocycles. The molecule has 3 aromatic carbocycles. The van der Waals surface area contributed by atoms with Crippen LogP contribution in [0.25, 0.3) is 17.8 Å². The summed E-state index contributed by atoms with van der Waals surface area (Å²) in [6, 6.07) is 26.3. The van der Waals surface area contributed by atoms with Gasteiger partial charge in [0.15, 0.2) is 0 Å². The van der Waals surface area contributed by atoms with Gasteiger partial charge in [0.05, 0.1) is 11.4 Å². The van der Waals surface area contributed by atoms with E-state index in [9.17, 15) is 9.59 Å². The van der Waals surface area contributed by atoms with E-state index in [1.807, 2.05) is 78.9 Å². The maximum absolute atomic E-state index is 13.4. The molecular weight excluding hydrogens is 414 g/mol. The Morgan fingerprint density at radius 3 is 1.76 bits per heavy atom. The number of carbonyl (C=O) groups excluding carboxylic acids is 2. The van der Waals surface area contributed by atoms with Crippen molar-refractivity contribution in [3.05, 3.63) is 115 Å². The topological polar surface area (TPSA) is 71.3 Å². The molecule has 0 unspecified atom stereocenters. The number of fused-ring (bicyclic) bond motifs is 3. The normalized spacial score (nSPS) is 12.7. The molecule has 0 atom stereocenters. The van der Waals surface area contributed by atoms with Crippen molar-refractivity contribution in [1.82, 2.24) is 14.8 Å². The number of anilines is 2. The van der Waals surface area contributed by atoms with Gasteiger partial charge in [0.2, 0.25) is 0 Å². The monoisotopic (exact) mass is 433 g/mol. The summed E-state index contributed by atoms with van der Waals surface area (Å²) >= 11 is 0. The molecular formula is C26H19N5O2. The molecule has 4 aromatic rings. The van der Waals surface area contributed by atoms with Gasteiger partial charge in [0.25, 0.3) is 17.8 Å². The van der Waals surface area contributed by atoms with E-state index in [1.165, 1.54) is 28.5 Å². The van der Waals surface area contributed by atoms with Crippen LogP contribution >= 0.6 is 0 Å². The lowest BCUT2D eigenvalue weighted by molar-refractivity contribution is -0.119. The first-order valence-corrected chi connectivity index (χ1v) is 10.4. The number of hydrazine groups is 1. The fourth-order valence-corrected chi connectivity index (χ4v) is 3.61. The summed E-state index contributed by atoms with van der Waals surface area (Å²) in [7, 11) is 0. The van der Waals surface area contributed by atoms with Crippen LogP contribution in [0.1, 0.15) is 11.1 Å². The Morgan fingerprint density at radius 2 is 1.15 bits per heavy atom. The first kappa shape index (κ1) is 20.1. The van der Waals surface area contributed by atoms with Crippen LogP contribution in [-0.2, 0) is 9.59 Å². The van der Waals surface area contributed by atoms with Crippen molar-refractivity contribution < 1.29 is 9.59 Å². The summed E-state index contributed by atoms with van der Waals surface area (Å²) in [6.07, 6.45) is 7.80. The lowest BCUT2D eigenvalue weighted by Gasteiger charge is -2.37. The van der Waals surface area contributed by atoms with Crippen molar-refractivity contribution in [2.75, 3.05) is 10.0 Å². The summed E-state index contributed by atoms with van der Waals surface area (Å²) in [5.74, 6) is -0.580.